The average Bonchev–Trinajstić information content (AvgIpc) is 2.89. The number of fused-ring (bicyclic) bond motifs is 1. The molecule has 7 nitrogen and oxygen atoms in total. The van der Waals surface area contributed by atoms with Crippen LogP contribution < -0.4 is 10.9 Å². The van der Waals surface area contributed by atoms with E-state index in [0.717, 1.165) is 5.56 Å². The van der Waals surface area contributed by atoms with Crippen molar-refractivity contribution >= 4 is 11.6 Å². The summed E-state index contributed by atoms with van der Waals surface area (Å²) in [6, 6.07) is 10.2. The van der Waals surface area contributed by atoms with Crippen LogP contribution in [0.5, 0.6) is 0 Å². The first-order chi connectivity index (χ1) is 11.0. The fourth-order valence-corrected chi connectivity index (χ4v) is 2.59. The Bertz CT molecular complexity index is 928. The Labute approximate surface area is 131 Å². The molecule has 0 saturated heterocycles. The molecule has 0 radical (unpaired) electrons. The molecule has 0 aliphatic rings. The van der Waals surface area contributed by atoms with Gasteiger partial charge in [-0.2, -0.15) is 5.10 Å². The van der Waals surface area contributed by atoms with E-state index in [9.17, 15) is 9.59 Å². The first kappa shape index (κ1) is 14.8. The number of aryl methyl sites for hydroxylation is 1. The summed E-state index contributed by atoms with van der Waals surface area (Å²) in [6.45, 7) is 3.49. The number of nitrogens with one attached hydrogen (secondary N) is 1. The Morgan fingerprint density at radius 3 is 2.61 bits per heavy atom. The molecule has 1 atom stereocenters. The van der Waals surface area contributed by atoms with Gasteiger partial charge in [0.15, 0.2) is 5.82 Å². The summed E-state index contributed by atoms with van der Waals surface area (Å²) in [5.41, 5.74) is 1.70. The third kappa shape index (κ3) is 2.57. The molecular formula is C16H16N4O3. The first-order valence-electron chi connectivity index (χ1n) is 7.15. The van der Waals surface area contributed by atoms with E-state index in [2.05, 4.69) is 10.4 Å². The predicted molar refractivity (Wildman–Crippen MR) is 85.1 cm³/mol. The van der Waals surface area contributed by atoms with Gasteiger partial charge in [0, 0.05) is 6.20 Å². The van der Waals surface area contributed by atoms with Gasteiger partial charge < -0.3 is 10.4 Å². The number of rotatable bonds is 3. The summed E-state index contributed by atoms with van der Waals surface area (Å²) < 4.78 is 2.94. The van der Waals surface area contributed by atoms with Crippen LogP contribution in [0.4, 0.5) is 4.79 Å². The first-order valence-corrected chi connectivity index (χ1v) is 7.15. The lowest BCUT2D eigenvalue weighted by Gasteiger charge is -2.18. The van der Waals surface area contributed by atoms with Crippen molar-refractivity contribution in [3.8, 4) is 5.69 Å². The SMILES string of the molecule is Cc1ccn2nc(C(C)NC(=O)O)n(-c3ccccc3)c(=O)c12. The topological polar surface area (TPSA) is 88.6 Å². The lowest BCUT2D eigenvalue weighted by molar-refractivity contribution is 0.190. The van der Waals surface area contributed by atoms with Crippen LogP contribution in [0.15, 0.2) is 47.4 Å². The van der Waals surface area contributed by atoms with Gasteiger partial charge in [0.2, 0.25) is 0 Å². The summed E-state index contributed by atoms with van der Waals surface area (Å²) in [4.78, 5) is 23.9. The van der Waals surface area contributed by atoms with Crippen molar-refractivity contribution in [3.63, 3.8) is 0 Å². The zero-order chi connectivity index (χ0) is 16.6. The minimum absolute atomic E-state index is 0.234. The summed E-state index contributed by atoms with van der Waals surface area (Å²) >= 11 is 0. The normalized spacial score (nSPS) is 12.3. The molecular weight excluding hydrogens is 296 g/mol. The molecule has 0 bridgehead atoms. The van der Waals surface area contributed by atoms with E-state index in [-0.39, 0.29) is 5.56 Å². The number of hydrogen-bond acceptors (Lipinski definition) is 3. The standard InChI is InChI=1S/C16H16N4O3/c1-10-8-9-19-13(10)15(21)20(12-6-4-3-5-7-12)14(18-19)11(2)17-16(22)23/h3-9,11,17H,1-2H3,(H,22,23). The zero-order valence-electron chi connectivity index (χ0n) is 12.7. The molecule has 7 heteroatoms. The van der Waals surface area contributed by atoms with Gasteiger partial charge in [-0.15, -0.1) is 0 Å². The van der Waals surface area contributed by atoms with Gasteiger partial charge in [0.05, 0.1) is 11.7 Å². The number of carboxylic acid groups (broad SMARTS) is 1. The van der Waals surface area contributed by atoms with Crippen LogP contribution in [-0.2, 0) is 0 Å². The average molecular weight is 312 g/mol. The molecule has 0 spiro atoms. The number of benzene rings is 1. The molecule has 118 valence electrons. The molecule has 23 heavy (non-hydrogen) atoms. The third-order valence-corrected chi connectivity index (χ3v) is 3.65. The van der Waals surface area contributed by atoms with E-state index < -0.39 is 12.1 Å². The van der Waals surface area contributed by atoms with Crippen molar-refractivity contribution in [1.82, 2.24) is 19.5 Å². The van der Waals surface area contributed by atoms with Gasteiger partial charge in [-0.1, -0.05) is 18.2 Å². The maximum Gasteiger partial charge on any atom is 0.405 e. The largest absolute Gasteiger partial charge is 0.465 e. The zero-order valence-corrected chi connectivity index (χ0v) is 12.7. The van der Waals surface area contributed by atoms with Gasteiger partial charge in [0.25, 0.3) is 5.56 Å². The second-order valence-electron chi connectivity index (χ2n) is 5.30. The Balaban J connectivity index is 2.33. The Morgan fingerprint density at radius 2 is 1.96 bits per heavy atom. The molecule has 0 aliphatic carbocycles. The Kier molecular flexibility index (Phi) is 3.61. The fraction of sp³-hybridized carbons (Fsp3) is 0.188. The number of nitrogens with zero attached hydrogens (tertiary/aromatic N) is 3. The van der Waals surface area contributed by atoms with Gasteiger partial charge >= 0.3 is 6.09 Å². The highest BCUT2D eigenvalue weighted by atomic mass is 16.4. The molecule has 2 aromatic heterocycles. The van der Waals surface area contributed by atoms with E-state index >= 15 is 0 Å². The van der Waals surface area contributed by atoms with E-state index in [4.69, 9.17) is 5.11 Å². The summed E-state index contributed by atoms with van der Waals surface area (Å²) in [7, 11) is 0. The highest BCUT2D eigenvalue weighted by molar-refractivity contribution is 5.65. The van der Waals surface area contributed by atoms with E-state index in [0.29, 0.717) is 17.0 Å². The van der Waals surface area contributed by atoms with Gasteiger partial charge in [0.1, 0.15) is 5.52 Å². The predicted octanol–water partition coefficient (Wildman–Crippen LogP) is 2.12. The van der Waals surface area contributed by atoms with Crippen LogP contribution >= 0.6 is 0 Å². The molecule has 2 heterocycles. The van der Waals surface area contributed by atoms with Crippen molar-refractivity contribution < 1.29 is 9.90 Å². The number of aromatic nitrogens is 3. The smallest absolute Gasteiger partial charge is 0.405 e. The molecule has 2 N–H and O–H groups in total. The van der Waals surface area contributed by atoms with Crippen LogP contribution in [0.3, 0.4) is 0 Å². The summed E-state index contributed by atoms with van der Waals surface area (Å²) in [5.74, 6) is 0.326. The van der Waals surface area contributed by atoms with Crippen molar-refractivity contribution in [3.05, 3.63) is 64.3 Å². The van der Waals surface area contributed by atoms with Crippen LogP contribution in [0.1, 0.15) is 24.4 Å². The minimum atomic E-state index is -1.17. The minimum Gasteiger partial charge on any atom is -0.465 e. The van der Waals surface area contributed by atoms with Crippen molar-refractivity contribution in [1.29, 1.82) is 0 Å². The second kappa shape index (κ2) is 5.60. The molecule has 1 unspecified atom stereocenters. The van der Waals surface area contributed by atoms with Gasteiger partial charge in [-0.3, -0.25) is 9.36 Å². The third-order valence-electron chi connectivity index (χ3n) is 3.65. The maximum atomic E-state index is 12.9. The molecule has 1 amide bonds. The molecule has 0 aliphatic heterocycles. The van der Waals surface area contributed by atoms with Crippen LogP contribution in [0, 0.1) is 6.92 Å². The molecule has 0 saturated carbocycles. The van der Waals surface area contributed by atoms with Crippen LogP contribution in [0.2, 0.25) is 0 Å². The Hall–Kier alpha value is -3.09. The molecule has 3 aromatic rings. The van der Waals surface area contributed by atoms with E-state index in [1.807, 2.05) is 25.1 Å². The number of amides is 1. The van der Waals surface area contributed by atoms with Crippen molar-refractivity contribution in [2.75, 3.05) is 0 Å². The molecule has 1 aromatic carbocycles. The van der Waals surface area contributed by atoms with Crippen LogP contribution in [-0.4, -0.2) is 25.4 Å². The lowest BCUT2D eigenvalue weighted by atomic mass is 10.2. The fourth-order valence-electron chi connectivity index (χ4n) is 2.59. The maximum absolute atomic E-state index is 12.9. The number of hydrogen-bond donors (Lipinski definition) is 2. The highest BCUT2D eigenvalue weighted by Crippen LogP contribution is 2.16. The second-order valence-corrected chi connectivity index (χ2v) is 5.30. The number of para-hydroxylation sites is 1. The van der Waals surface area contributed by atoms with E-state index in [1.165, 1.54) is 9.08 Å². The molecule has 0 fully saturated rings. The molecule has 3 rings (SSSR count). The van der Waals surface area contributed by atoms with Gasteiger partial charge in [-0.05, 0) is 37.6 Å². The van der Waals surface area contributed by atoms with E-state index in [1.54, 1.807) is 31.3 Å². The number of carbonyl (C=O) groups is 1. The van der Waals surface area contributed by atoms with Crippen LogP contribution in [0.25, 0.3) is 11.2 Å². The lowest BCUT2D eigenvalue weighted by Crippen LogP contribution is -2.33. The highest BCUT2D eigenvalue weighted by Gasteiger charge is 2.20. The Morgan fingerprint density at radius 1 is 1.26 bits per heavy atom. The van der Waals surface area contributed by atoms with Crippen molar-refractivity contribution in [2.45, 2.75) is 19.9 Å². The quantitative estimate of drug-likeness (QED) is 0.775. The summed E-state index contributed by atoms with van der Waals surface area (Å²) in [5, 5.41) is 15.7. The monoisotopic (exact) mass is 312 g/mol. The van der Waals surface area contributed by atoms with Crippen molar-refractivity contribution in [2.24, 2.45) is 0 Å². The summed E-state index contributed by atoms with van der Waals surface area (Å²) in [6.07, 6.45) is 0.522. The van der Waals surface area contributed by atoms with Gasteiger partial charge in [-0.25, -0.2) is 9.31 Å².